The third-order valence-electron chi connectivity index (χ3n) is 3.42. The lowest BCUT2D eigenvalue weighted by Gasteiger charge is -2.35. The van der Waals surface area contributed by atoms with Gasteiger partial charge in [-0.2, -0.15) is 0 Å². The third kappa shape index (κ3) is 3.55. The standard InChI is InChI=1S/C15H21NO3/c1-2-19-15(18)14(12-7-4-3-5-8-12)16-10-6-9-13(17)11-16/h3-5,7-8,13-14,17H,2,6,9-11H2,1H3. The number of esters is 1. The highest BCUT2D eigenvalue weighted by Gasteiger charge is 2.32. The molecule has 1 fully saturated rings. The van der Waals surface area contributed by atoms with Crippen molar-refractivity contribution in [2.45, 2.75) is 31.9 Å². The number of nitrogens with zero attached hydrogens (tertiary/aromatic N) is 1. The zero-order valence-corrected chi connectivity index (χ0v) is 11.3. The van der Waals surface area contributed by atoms with Crippen LogP contribution in [-0.2, 0) is 9.53 Å². The molecule has 0 radical (unpaired) electrons. The smallest absolute Gasteiger partial charge is 0.328 e. The van der Waals surface area contributed by atoms with Gasteiger partial charge in [-0.1, -0.05) is 30.3 Å². The molecule has 1 N–H and O–H groups in total. The van der Waals surface area contributed by atoms with Crippen molar-refractivity contribution in [1.29, 1.82) is 0 Å². The number of rotatable bonds is 4. The van der Waals surface area contributed by atoms with Crippen LogP contribution in [0, 0.1) is 0 Å². The number of hydrogen-bond donors (Lipinski definition) is 1. The summed E-state index contributed by atoms with van der Waals surface area (Å²) in [4.78, 5) is 14.2. The Balaban J connectivity index is 2.21. The molecule has 0 spiro atoms. The quantitative estimate of drug-likeness (QED) is 0.841. The summed E-state index contributed by atoms with van der Waals surface area (Å²) in [6.07, 6.45) is 1.36. The highest BCUT2D eigenvalue weighted by atomic mass is 16.5. The average molecular weight is 263 g/mol. The molecule has 0 amide bonds. The van der Waals surface area contributed by atoms with E-state index in [1.54, 1.807) is 0 Å². The molecule has 1 saturated heterocycles. The van der Waals surface area contributed by atoms with Crippen LogP contribution in [0.5, 0.6) is 0 Å². The minimum absolute atomic E-state index is 0.234. The van der Waals surface area contributed by atoms with Gasteiger partial charge >= 0.3 is 5.97 Å². The van der Waals surface area contributed by atoms with E-state index in [9.17, 15) is 9.90 Å². The van der Waals surface area contributed by atoms with Gasteiger partial charge in [-0.3, -0.25) is 4.90 Å². The van der Waals surface area contributed by atoms with Crippen LogP contribution in [0.4, 0.5) is 0 Å². The maximum atomic E-state index is 12.2. The number of ether oxygens (including phenoxy) is 1. The molecule has 2 atom stereocenters. The molecule has 0 aliphatic carbocycles. The van der Waals surface area contributed by atoms with Gasteiger partial charge in [0.05, 0.1) is 12.7 Å². The van der Waals surface area contributed by atoms with Crippen LogP contribution >= 0.6 is 0 Å². The molecule has 104 valence electrons. The van der Waals surface area contributed by atoms with Gasteiger partial charge in [-0.25, -0.2) is 4.79 Å². The van der Waals surface area contributed by atoms with E-state index in [1.165, 1.54) is 0 Å². The molecule has 0 saturated carbocycles. The first-order valence-electron chi connectivity index (χ1n) is 6.86. The van der Waals surface area contributed by atoms with E-state index in [1.807, 2.05) is 42.2 Å². The van der Waals surface area contributed by atoms with E-state index < -0.39 is 6.04 Å². The van der Waals surface area contributed by atoms with Crippen LogP contribution in [0.1, 0.15) is 31.4 Å². The predicted molar refractivity (Wildman–Crippen MR) is 72.6 cm³/mol. The van der Waals surface area contributed by atoms with Crippen LogP contribution in [0.2, 0.25) is 0 Å². The summed E-state index contributed by atoms with van der Waals surface area (Å²) in [5, 5.41) is 9.79. The number of carbonyl (C=O) groups excluding carboxylic acids is 1. The minimum atomic E-state index is -0.406. The van der Waals surface area contributed by atoms with Crippen molar-refractivity contribution in [1.82, 2.24) is 4.90 Å². The largest absolute Gasteiger partial charge is 0.465 e. The number of piperidine rings is 1. The van der Waals surface area contributed by atoms with E-state index in [-0.39, 0.29) is 12.1 Å². The van der Waals surface area contributed by atoms with Crippen molar-refractivity contribution in [2.75, 3.05) is 19.7 Å². The molecule has 2 unspecified atom stereocenters. The third-order valence-corrected chi connectivity index (χ3v) is 3.42. The minimum Gasteiger partial charge on any atom is -0.465 e. The van der Waals surface area contributed by atoms with E-state index in [0.29, 0.717) is 13.2 Å². The van der Waals surface area contributed by atoms with Gasteiger partial charge < -0.3 is 9.84 Å². The van der Waals surface area contributed by atoms with Gasteiger partial charge in [0.1, 0.15) is 6.04 Å². The number of hydrogen-bond acceptors (Lipinski definition) is 4. The lowest BCUT2D eigenvalue weighted by atomic mass is 10.0. The van der Waals surface area contributed by atoms with E-state index in [0.717, 1.165) is 24.9 Å². The zero-order chi connectivity index (χ0) is 13.7. The van der Waals surface area contributed by atoms with Gasteiger partial charge in [0.15, 0.2) is 0 Å². The van der Waals surface area contributed by atoms with Crippen molar-refractivity contribution in [3.8, 4) is 0 Å². The first kappa shape index (κ1) is 14.0. The molecule has 4 nitrogen and oxygen atoms in total. The highest BCUT2D eigenvalue weighted by Crippen LogP contribution is 2.26. The van der Waals surface area contributed by atoms with Crippen LogP contribution < -0.4 is 0 Å². The van der Waals surface area contributed by atoms with Crippen LogP contribution in [0.3, 0.4) is 0 Å². The first-order chi connectivity index (χ1) is 9.22. The van der Waals surface area contributed by atoms with Gasteiger partial charge in [-0.05, 0) is 31.9 Å². The van der Waals surface area contributed by atoms with Crippen LogP contribution in [0.15, 0.2) is 30.3 Å². The Hall–Kier alpha value is -1.39. The Morgan fingerprint density at radius 2 is 2.21 bits per heavy atom. The van der Waals surface area contributed by atoms with Crippen LogP contribution in [-0.4, -0.2) is 41.8 Å². The SMILES string of the molecule is CCOC(=O)C(c1ccccc1)N1CCCC(O)C1. The fraction of sp³-hybridized carbons (Fsp3) is 0.533. The molecule has 1 aliphatic heterocycles. The summed E-state index contributed by atoms with van der Waals surface area (Å²) in [6.45, 7) is 3.53. The summed E-state index contributed by atoms with van der Waals surface area (Å²) in [7, 11) is 0. The second-order valence-electron chi connectivity index (χ2n) is 4.86. The van der Waals surface area contributed by atoms with Crippen LogP contribution in [0.25, 0.3) is 0 Å². The van der Waals surface area contributed by atoms with Gasteiger partial charge in [0, 0.05) is 6.54 Å². The van der Waals surface area contributed by atoms with Crippen molar-refractivity contribution in [2.24, 2.45) is 0 Å². The van der Waals surface area contributed by atoms with E-state index in [4.69, 9.17) is 4.74 Å². The molecule has 1 heterocycles. The Morgan fingerprint density at radius 1 is 1.47 bits per heavy atom. The second kappa shape index (κ2) is 6.68. The molecule has 19 heavy (non-hydrogen) atoms. The van der Waals surface area contributed by atoms with Crippen molar-refractivity contribution < 1.29 is 14.6 Å². The summed E-state index contributed by atoms with van der Waals surface area (Å²) in [5.74, 6) is -0.234. The number of aliphatic hydroxyl groups is 1. The van der Waals surface area contributed by atoms with Crippen molar-refractivity contribution in [3.05, 3.63) is 35.9 Å². The fourth-order valence-corrected chi connectivity index (χ4v) is 2.57. The number of β-amino-alcohol motifs (C(OH)–C–C–N with tert-alkyl or cyclic N) is 1. The zero-order valence-electron chi connectivity index (χ0n) is 11.3. The molecule has 0 aromatic heterocycles. The molecule has 1 aromatic rings. The van der Waals surface area contributed by atoms with Crippen molar-refractivity contribution >= 4 is 5.97 Å². The summed E-state index contributed by atoms with van der Waals surface area (Å²) >= 11 is 0. The topological polar surface area (TPSA) is 49.8 Å². The molecule has 2 rings (SSSR count). The molecular weight excluding hydrogens is 242 g/mol. The lowest BCUT2D eigenvalue weighted by molar-refractivity contribution is -0.151. The highest BCUT2D eigenvalue weighted by molar-refractivity contribution is 5.77. The predicted octanol–water partition coefficient (Wildman–Crippen LogP) is 1.75. The maximum absolute atomic E-state index is 12.2. The van der Waals surface area contributed by atoms with Gasteiger partial charge in [0.2, 0.25) is 0 Å². The number of carbonyl (C=O) groups is 1. The maximum Gasteiger partial charge on any atom is 0.328 e. The average Bonchev–Trinajstić information content (AvgIpc) is 2.40. The van der Waals surface area contributed by atoms with E-state index in [2.05, 4.69) is 0 Å². The fourth-order valence-electron chi connectivity index (χ4n) is 2.57. The number of benzene rings is 1. The Kier molecular flexibility index (Phi) is 4.93. The Labute approximate surface area is 114 Å². The molecule has 0 bridgehead atoms. The Morgan fingerprint density at radius 3 is 2.84 bits per heavy atom. The molecule has 4 heteroatoms. The van der Waals surface area contributed by atoms with Crippen molar-refractivity contribution in [3.63, 3.8) is 0 Å². The molecule has 1 aliphatic rings. The summed E-state index contributed by atoms with van der Waals surface area (Å²) < 4.78 is 5.18. The first-order valence-corrected chi connectivity index (χ1v) is 6.86. The molecular formula is C15H21NO3. The van der Waals surface area contributed by atoms with Gasteiger partial charge in [-0.15, -0.1) is 0 Å². The molecule has 1 aromatic carbocycles. The second-order valence-corrected chi connectivity index (χ2v) is 4.86. The lowest BCUT2D eigenvalue weighted by Crippen LogP contribution is -2.43. The Bertz CT molecular complexity index is 407. The monoisotopic (exact) mass is 263 g/mol. The van der Waals surface area contributed by atoms with E-state index >= 15 is 0 Å². The van der Waals surface area contributed by atoms with Gasteiger partial charge in [0.25, 0.3) is 0 Å². The number of likely N-dealkylation sites (tertiary alicyclic amines) is 1. The number of aliphatic hydroxyl groups excluding tert-OH is 1. The summed E-state index contributed by atoms with van der Waals surface area (Å²) in [5.41, 5.74) is 0.926. The summed E-state index contributed by atoms with van der Waals surface area (Å²) in [6, 6.07) is 9.22. The normalized spacial score (nSPS) is 21.9.